The number of nitrogens with one attached hydrogen (secondary N) is 1. The lowest BCUT2D eigenvalue weighted by Gasteiger charge is -2.43. The van der Waals surface area contributed by atoms with E-state index in [9.17, 15) is 14.4 Å². The minimum absolute atomic E-state index is 0.0433. The minimum atomic E-state index is -1.16. The molecule has 1 aliphatic carbocycles. The number of carbonyl (C=O) groups excluding carboxylic acids is 3. The average molecular weight is 519 g/mol. The van der Waals surface area contributed by atoms with Crippen molar-refractivity contribution < 1.29 is 23.7 Å². The maximum atomic E-state index is 13.2. The molecule has 2 amide bonds. The summed E-state index contributed by atoms with van der Waals surface area (Å²) in [5.74, 6) is 0.748. The molecule has 1 heterocycles. The van der Waals surface area contributed by atoms with Crippen LogP contribution in [0.5, 0.6) is 0 Å². The van der Waals surface area contributed by atoms with Crippen LogP contribution in [0.2, 0.25) is 5.02 Å². The highest BCUT2D eigenvalue weighted by atomic mass is 35.5. The zero-order chi connectivity index (χ0) is 25.4. The van der Waals surface area contributed by atoms with Gasteiger partial charge in [-0.05, 0) is 56.7 Å². The number of thioether (sulfide) groups is 1. The Morgan fingerprint density at radius 2 is 2.03 bits per heavy atom. The van der Waals surface area contributed by atoms with Gasteiger partial charge in [-0.1, -0.05) is 29.8 Å². The number of ketones is 1. The zero-order valence-electron chi connectivity index (χ0n) is 20.5. The number of Topliss-reactive ketones (excluding diaryl/α,β-unsaturated/α-hetero) is 1. The smallest absolute Gasteiger partial charge is 0.388 e. The number of pyridine rings is 1. The van der Waals surface area contributed by atoms with Crippen molar-refractivity contribution in [3.05, 3.63) is 64.9 Å². The first-order chi connectivity index (χ1) is 16.8. The van der Waals surface area contributed by atoms with Gasteiger partial charge in [-0.3, -0.25) is 14.5 Å². The average Bonchev–Trinajstić information content (AvgIpc) is 2.86. The second kappa shape index (κ2) is 12.4. The molecule has 0 bridgehead atoms. The number of aromatic nitrogens is 1. The van der Waals surface area contributed by atoms with Crippen molar-refractivity contribution in [3.63, 3.8) is 0 Å². The molecule has 188 valence electrons. The van der Waals surface area contributed by atoms with E-state index in [0.717, 1.165) is 25.0 Å². The first-order valence-electron chi connectivity index (χ1n) is 11.8. The van der Waals surface area contributed by atoms with E-state index in [1.807, 2.05) is 19.2 Å². The Kier molecular flexibility index (Phi) is 9.57. The largest absolute Gasteiger partial charge is 0.415 e. The van der Waals surface area contributed by atoms with Gasteiger partial charge in [-0.15, -0.1) is 0 Å². The third-order valence-corrected chi connectivity index (χ3v) is 7.38. The number of hydrogen-bond donors (Lipinski definition) is 1. The first kappa shape index (κ1) is 27.0. The van der Waals surface area contributed by atoms with Crippen LogP contribution in [0.15, 0.2) is 48.8 Å². The zero-order valence-corrected chi connectivity index (χ0v) is 22.0. The highest BCUT2D eigenvalue weighted by Gasteiger charge is 2.48. The number of nitrogens with zero attached hydrogens (tertiary/aromatic N) is 2. The summed E-state index contributed by atoms with van der Waals surface area (Å²) in [4.78, 5) is 40.3. The number of amides is 2. The lowest BCUT2D eigenvalue weighted by atomic mass is 9.74. The summed E-state index contributed by atoms with van der Waals surface area (Å²) in [5.41, 5.74) is -0.0666. The Morgan fingerprint density at radius 1 is 1.26 bits per heavy atom. The van der Waals surface area contributed by atoms with Crippen LogP contribution in [0.3, 0.4) is 0 Å². The maximum absolute atomic E-state index is 13.2. The van der Waals surface area contributed by atoms with E-state index in [0.29, 0.717) is 29.0 Å². The Labute approximate surface area is 216 Å². The predicted molar refractivity (Wildman–Crippen MR) is 137 cm³/mol. The van der Waals surface area contributed by atoms with Crippen LogP contribution in [0, 0.1) is 0 Å². The summed E-state index contributed by atoms with van der Waals surface area (Å²) >= 11 is 8.21. The van der Waals surface area contributed by atoms with E-state index in [1.54, 1.807) is 66.1 Å². The van der Waals surface area contributed by atoms with Crippen LogP contribution >= 0.6 is 23.4 Å². The molecule has 3 rings (SSSR count). The standard InChI is InChI=1S/C26H32ClN3O4S/c1-19(13-16-35-3)28-24(32)20-9-8-15-30(17-20)18-34-25(33)29(2)26(14-7-6-12-23(26)31)21-10-4-5-11-22(21)27/h4-5,8-11,15,17,19H,6-7,12-14,16,18H2,1-3H3/p+1/t19-,26?/m1/s1. The fraction of sp³-hybridized carbons (Fsp3) is 0.462. The van der Waals surface area contributed by atoms with Gasteiger partial charge in [0.1, 0.15) is 11.1 Å². The monoisotopic (exact) mass is 518 g/mol. The molecule has 0 spiro atoms. The Balaban J connectivity index is 1.72. The lowest BCUT2D eigenvalue weighted by Crippen LogP contribution is -2.55. The second-order valence-electron chi connectivity index (χ2n) is 8.83. The van der Waals surface area contributed by atoms with Gasteiger partial charge >= 0.3 is 6.09 Å². The topological polar surface area (TPSA) is 79.6 Å². The highest BCUT2D eigenvalue weighted by molar-refractivity contribution is 7.98. The number of ether oxygens (including phenoxy) is 1. The molecule has 35 heavy (non-hydrogen) atoms. The number of halogens is 1. The molecule has 0 aliphatic heterocycles. The lowest BCUT2D eigenvalue weighted by molar-refractivity contribution is -0.727. The Bertz CT molecular complexity index is 1070. The Morgan fingerprint density at radius 3 is 2.74 bits per heavy atom. The Hall–Kier alpha value is -2.58. The molecule has 9 heteroatoms. The highest BCUT2D eigenvalue weighted by Crippen LogP contribution is 2.42. The molecule has 2 aromatic rings. The van der Waals surface area contributed by atoms with Crippen molar-refractivity contribution in [2.45, 2.75) is 57.3 Å². The molecule has 7 nitrogen and oxygen atoms in total. The summed E-state index contributed by atoms with van der Waals surface area (Å²) in [6.07, 6.45) is 8.10. The SMILES string of the molecule is CSCC[C@@H](C)NC(=O)c1ccc[n+](COC(=O)N(C)C2(c3ccccc3Cl)CCCCC2=O)c1. The number of carbonyl (C=O) groups is 3. The van der Waals surface area contributed by atoms with Gasteiger partial charge < -0.3 is 10.1 Å². The van der Waals surface area contributed by atoms with Crippen molar-refractivity contribution in [3.8, 4) is 0 Å². The first-order valence-corrected chi connectivity index (χ1v) is 13.5. The van der Waals surface area contributed by atoms with Crippen molar-refractivity contribution >= 4 is 41.1 Å². The number of likely N-dealkylation sites (N-methyl/N-ethyl adjacent to an activating group) is 1. The van der Waals surface area contributed by atoms with Crippen molar-refractivity contribution in [2.24, 2.45) is 0 Å². The second-order valence-corrected chi connectivity index (χ2v) is 10.2. The van der Waals surface area contributed by atoms with Crippen molar-refractivity contribution in [1.82, 2.24) is 10.2 Å². The van der Waals surface area contributed by atoms with E-state index in [4.69, 9.17) is 16.3 Å². The van der Waals surface area contributed by atoms with Gasteiger partial charge in [-0.25, -0.2) is 4.79 Å². The maximum Gasteiger partial charge on any atom is 0.415 e. The minimum Gasteiger partial charge on any atom is -0.388 e. The van der Waals surface area contributed by atoms with E-state index < -0.39 is 11.6 Å². The third-order valence-electron chi connectivity index (χ3n) is 6.41. The van der Waals surface area contributed by atoms with Crippen LogP contribution in [0.1, 0.15) is 54.9 Å². The van der Waals surface area contributed by atoms with E-state index >= 15 is 0 Å². The molecule has 1 aliphatic rings. The molecule has 2 atom stereocenters. The van der Waals surface area contributed by atoms with E-state index in [-0.39, 0.29) is 24.5 Å². The van der Waals surface area contributed by atoms with Crippen LogP contribution < -0.4 is 9.88 Å². The van der Waals surface area contributed by atoms with Crippen LogP contribution in [0.4, 0.5) is 4.79 Å². The number of hydrogen-bond acceptors (Lipinski definition) is 5. The van der Waals surface area contributed by atoms with Gasteiger partial charge in [0.2, 0.25) is 0 Å². The molecule has 1 saturated carbocycles. The van der Waals surface area contributed by atoms with Gasteiger partial charge in [0, 0.05) is 36.2 Å². The molecule has 1 aromatic heterocycles. The van der Waals surface area contributed by atoms with Gasteiger partial charge in [0.05, 0.1) is 0 Å². The van der Waals surface area contributed by atoms with Crippen molar-refractivity contribution in [1.29, 1.82) is 0 Å². The van der Waals surface area contributed by atoms with Crippen LogP contribution in [0.25, 0.3) is 0 Å². The molecule has 0 radical (unpaired) electrons. The summed E-state index contributed by atoms with van der Waals surface area (Å²) in [6.45, 7) is 1.88. The van der Waals surface area contributed by atoms with E-state index in [2.05, 4.69) is 5.32 Å². The number of benzene rings is 1. The van der Waals surface area contributed by atoms with Crippen molar-refractivity contribution in [2.75, 3.05) is 19.1 Å². The van der Waals surface area contributed by atoms with Gasteiger partial charge in [0.15, 0.2) is 18.2 Å². The molecular weight excluding hydrogens is 486 g/mol. The fourth-order valence-electron chi connectivity index (χ4n) is 4.42. The number of rotatable bonds is 9. The summed E-state index contributed by atoms with van der Waals surface area (Å²) < 4.78 is 7.19. The quantitative estimate of drug-likeness (QED) is 0.492. The molecule has 1 fully saturated rings. The molecule has 1 N–H and O–H groups in total. The van der Waals surface area contributed by atoms with Gasteiger partial charge in [-0.2, -0.15) is 16.3 Å². The predicted octanol–water partition coefficient (Wildman–Crippen LogP) is 4.56. The van der Waals surface area contributed by atoms with E-state index in [1.165, 1.54) is 4.90 Å². The fourth-order valence-corrected chi connectivity index (χ4v) is 5.30. The van der Waals surface area contributed by atoms with Crippen LogP contribution in [-0.4, -0.2) is 47.8 Å². The normalized spacial score (nSPS) is 18.6. The van der Waals surface area contributed by atoms with Gasteiger partial charge in [0.25, 0.3) is 12.6 Å². The molecule has 1 aromatic carbocycles. The van der Waals surface area contributed by atoms with Crippen LogP contribution in [-0.2, 0) is 21.8 Å². The molecular formula is C26H33ClN3O4S+. The third kappa shape index (κ3) is 6.35. The molecule has 0 saturated heterocycles. The summed E-state index contributed by atoms with van der Waals surface area (Å²) in [6, 6.07) is 10.7. The summed E-state index contributed by atoms with van der Waals surface area (Å²) in [5, 5.41) is 3.43. The summed E-state index contributed by atoms with van der Waals surface area (Å²) in [7, 11) is 1.58. The molecule has 1 unspecified atom stereocenters.